The molecule has 5 heteroatoms. The molecule has 0 bridgehead atoms. The van der Waals surface area contributed by atoms with Crippen molar-refractivity contribution < 1.29 is 4.79 Å². The molecule has 2 aromatic carbocycles. The maximum atomic E-state index is 13.0. The van der Waals surface area contributed by atoms with Gasteiger partial charge in [-0.05, 0) is 36.2 Å². The molecule has 0 unspecified atom stereocenters. The molecular weight excluding hydrogens is 367 g/mol. The van der Waals surface area contributed by atoms with Gasteiger partial charge in [-0.25, -0.2) is 0 Å². The van der Waals surface area contributed by atoms with Crippen molar-refractivity contribution in [2.75, 3.05) is 20.1 Å². The first-order valence-corrected chi connectivity index (χ1v) is 9.72. The Bertz CT molecular complexity index is 721. The molecular formula is C21H26Cl2N2O. The number of hydrogen-bond acceptors (Lipinski definition) is 2. The molecule has 0 heterocycles. The van der Waals surface area contributed by atoms with Crippen LogP contribution < -0.4 is 0 Å². The van der Waals surface area contributed by atoms with Crippen LogP contribution >= 0.6 is 23.2 Å². The Balaban J connectivity index is 2.25. The highest BCUT2D eigenvalue weighted by Crippen LogP contribution is 2.26. The number of hydrogen-bond donors (Lipinski definition) is 0. The predicted octanol–water partition coefficient (Wildman–Crippen LogP) is 5.43. The van der Waals surface area contributed by atoms with Gasteiger partial charge in [0.15, 0.2) is 0 Å². The third-order valence-corrected chi connectivity index (χ3v) is 5.20. The maximum Gasteiger partial charge on any atom is 0.228 e. The number of carbonyl (C=O) groups is 1. The van der Waals surface area contributed by atoms with Crippen LogP contribution in [0.1, 0.15) is 37.6 Å². The van der Waals surface area contributed by atoms with E-state index in [1.165, 1.54) is 0 Å². The van der Waals surface area contributed by atoms with Crippen molar-refractivity contribution >= 4 is 29.1 Å². The van der Waals surface area contributed by atoms with E-state index in [-0.39, 0.29) is 12.1 Å². The maximum absolute atomic E-state index is 13.0. The molecule has 0 aliphatic heterocycles. The molecule has 26 heavy (non-hydrogen) atoms. The van der Waals surface area contributed by atoms with Crippen molar-refractivity contribution in [1.82, 2.24) is 9.80 Å². The number of carbonyl (C=O) groups excluding carboxylic acids is 1. The quantitative estimate of drug-likeness (QED) is 0.559. The number of likely N-dealkylation sites (N-methyl/N-ethyl adjacent to an activating group) is 1. The van der Waals surface area contributed by atoms with Crippen LogP contribution in [0.3, 0.4) is 0 Å². The summed E-state index contributed by atoms with van der Waals surface area (Å²) in [5, 5.41) is 0.971. The SMILES string of the molecule is CCCN(CC)[C@H](c1ccccc1)N(C)C(=O)Cc1ccc(Cl)c(Cl)c1. The third-order valence-electron chi connectivity index (χ3n) is 4.46. The van der Waals surface area contributed by atoms with Gasteiger partial charge in [-0.2, -0.15) is 0 Å². The number of benzene rings is 2. The number of amides is 1. The standard InChI is InChI=1S/C21H26Cl2N2O/c1-4-13-25(5-2)21(17-9-7-6-8-10-17)24(3)20(26)15-16-11-12-18(22)19(23)14-16/h6-12,14,21H,4-5,13,15H2,1-3H3/t21-/m1/s1. The fraction of sp³-hybridized carbons (Fsp3) is 0.381. The molecule has 2 rings (SSSR count). The minimum absolute atomic E-state index is 0.0480. The van der Waals surface area contributed by atoms with Crippen LogP contribution in [-0.2, 0) is 11.2 Å². The summed E-state index contributed by atoms with van der Waals surface area (Å²) < 4.78 is 0. The molecule has 1 atom stereocenters. The van der Waals surface area contributed by atoms with Crippen LogP contribution in [0.4, 0.5) is 0 Å². The molecule has 1 amide bonds. The van der Waals surface area contributed by atoms with E-state index in [9.17, 15) is 4.79 Å². The molecule has 0 aliphatic carbocycles. The lowest BCUT2D eigenvalue weighted by Crippen LogP contribution is -2.43. The van der Waals surface area contributed by atoms with Crippen LogP contribution in [0.5, 0.6) is 0 Å². The van der Waals surface area contributed by atoms with Crippen LogP contribution in [0.15, 0.2) is 48.5 Å². The van der Waals surface area contributed by atoms with Crippen molar-refractivity contribution in [1.29, 1.82) is 0 Å². The first-order chi connectivity index (χ1) is 12.5. The minimum Gasteiger partial charge on any atom is -0.325 e. The summed E-state index contributed by atoms with van der Waals surface area (Å²) >= 11 is 12.1. The van der Waals surface area contributed by atoms with E-state index in [2.05, 4.69) is 30.9 Å². The van der Waals surface area contributed by atoms with E-state index >= 15 is 0 Å². The Morgan fingerprint density at radius 3 is 2.31 bits per heavy atom. The lowest BCUT2D eigenvalue weighted by molar-refractivity contribution is -0.135. The molecule has 0 radical (unpaired) electrons. The average Bonchev–Trinajstić information content (AvgIpc) is 2.65. The highest BCUT2D eigenvalue weighted by atomic mass is 35.5. The van der Waals surface area contributed by atoms with Crippen molar-refractivity contribution in [3.05, 3.63) is 69.7 Å². The minimum atomic E-state index is -0.0866. The van der Waals surface area contributed by atoms with Crippen LogP contribution in [0.25, 0.3) is 0 Å². The molecule has 0 saturated heterocycles. The molecule has 140 valence electrons. The van der Waals surface area contributed by atoms with E-state index < -0.39 is 0 Å². The van der Waals surface area contributed by atoms with E-state index in [0.29, 0.717) is 16.5 Å². The highest BCUT2D eigenvalue weighted by Gasteiger charge is 2.26. The normalized spacial score (nSPS) is 12.2. The zero-order valence-electron chi connectivity index (χ0n) is 15.6. The van der Waals surface area contributed by atoms with Gasteiger partial charge in [-0.15, -0.1) is 0 Å². The Morgan fingerprint density at radius 1 is 1.04 bits per heavy atom. The lowest BCUT2D eigenvalue weighted by atomic mass is 10.1. The Kier molecular flexibility index (Phi) is 7.95. The molecule has 0 aliphatic rings. The van der Waals surface area contributed by atoms with Crippen LogP contribution in [0, 0.1) is 0 Å². The molecule has 2 aromatic rings. The van der Waals surface area contributed by atoms with Crippen molar-refractivity contribution in [2.24, 2.45) is 0 Å². The van der Waals surface area contributed by atoms with Crippen molar-refractivity contribution in [3.8, 4) is 0 Å². The van der Waals surface area contributed by atoms with E-state index in [4.69, 9.17) is 23.2 Å². The van der Waals surface area contributed by atoms with Crippen molar-refractivity contribution in [3.63, 3.8) is 0 Å². The lowest BCUT2D eigenvalue weighted by Gasteiger charge is -2.37. The average molecular weight is 393 g/mol. The third kappa shape index (κ3) is 5.23. The largest absolute Gasteiger partial charge is 0.325 e. The zero-order chi connectivity index (χ0) is 19.1. The van der Waals surface area contributed by atoms with Gasteiger partial charge in [-0.1, -0.05) is 73.4 Å². The Hall–Kier alpha value is -1.55. The van der Waals surface area contributed by atoms with Gasteiger partial charge in [0.1, 0.15) is 6.17 Å². The second kappa shape index (κ2) is 9.96. The van der Waals surface area contributed by atoms with Gasteiger partial charge < -0.3 is 4.90 Å². The van der Waals surface area contributed by atoms with Gasteiger partial charge in [0, 0.05) is 13.6 Å². The second-order valence-corrected chi connectivity index (χ2v) is 7.16. The first kappa shape index (κ1) is 20.8. The van der Waals surface area contributed by atoms with E-state index in [1.54, 1.807) is 12.1 Å². The first-order valence-electron chi connectivity index (χ1n) is 8.96. The van der Waals surface area contributed by atoms with Crippen molar-refractivity contribution in [2.45, 2.75) is 32.9 Å². The predicted molar refractivity (Wildman–Crippen MR) is 110 cm³/mol. The van der Waals surface area contributed by atoms with Gasteiger partial charge in [0.25, 0.3) is 0 Å². The molecule has 3 nitrogen and oxygen atoms in total. The summed E-state index contributed by atoms with van der Waals surface area (Å²) in [7, 11) is 1.87. The number of nitrogens with zero attached hydrogens (tertiary/aromatic N) is 2. The van der Waals surface area contributed by atoms with E-state index in [0.717, 1.165) is 30.6 Å². The summed E-state index contributed by atoms with van der Waals surface area (Å²) in [5.74, 6) is 0.0480. The molecule has 0 fully saturated rings. The Labute approximate surface area is 166 Å². The van der Waals surface area contributed by atoms with E-state index in [1.807, 2.05) is 36.2 Å². The molecule has 0 saturated carbocycles. The van der Waals surface area contributed by atoms with Gasteiger partial charge in [0.2, 0.25) is 5.91 Å². The Morgan fingerprint density at radius 2 is 1.73 bits per heavy atom. The topological polar surface area (TPSA) is 23.6 Å². The molecule has 0 aromatic heterocycles. The fourth-order valence-corrected chi connectivity index (χ4v) is 3.45. The monoisotopic (exact) mass is 392 g/mol. The second-order valence-electron chi connectivity index (χ2n) is 6.34. The highest BCUT2D eigenvalue weighted by molar-refractivity contribution is 6.42. The molecule has 0 spiro atoms. The van der Waals surface area contributed by atoms with Gasteiger partial charge >= 0.3 is 0 Å². The summed E-state index contributed by atoms with van der Waals surface area (Å²) in [6, 6.07) is 15.5. The summed E-state index contributed by atoms with van der Waals surface area (Å²) in [5.41, 5.74) is 1.98. The van der Waals surface area contributed by atoms with Crippen LogP contribution in [-0.4, -0.2) is 35.8 Å². The summed E-state index contributed by atoms with van der Waals surface area (Å²) in [6.45, 7) is 6.09. The molecule has 0 N–H and O–H groups in total. The smallest absolute Gasteiger partial charge is 0.228 e. The summed E-state index contributed by atoms with van der Waals surface area (Å²) in [6.07, 6.45) is 1.24. The summed E-state index contributed by atoms with van der Waals surface area (Å²) in [4.78, 5) is 17.1. The fourth-order valence-electron chi connectivity index (χ4n) is 3.13. The number of halogens is 2. The van der Waals surface area contributed by atoms with Gasteiger partial charge in [0.05, 0.1) is 16.5 Å². The zero-order valence-corrected chi connectivity index (χ0v) is 17.1. The number of rotatable bonds is 8. The van der Waals surface area contributed by atoms with Gasteiger partial charge in [-0.3, -0.25) is 9.69 Å². The van der Waals surface area contributed by atoms with Crippen LogP contribution in [0.2, 0.25) is 10.0 Å².